The van der Waals surface area contributed by atoms with Gasteiger partial charge in [-0.25, -0.2) is 8.42 Å². The molecule has 0 fully saturated rings. The molecule has 14 heavy (non-hydrogen) atoms. The minimum absolute atomic E-state index is 0.0735. The summed E-state index contributed by atoms with van der Waals surface area (Å²) in [6.45, 7) is 1.81. The minimum atomic E-state index is -3.13. The average Bonchev–Trinajstić information content (AvgIpc) is 2.16. The summed E-state index contributed by atoms with van der Waals surface area (Å²) < 4.78 is 24.3. The standard InChI is InChI=1S/C10H11IO2S/c1-2-3-8-14(12,13)10-6-4-9(11)5-7-10/h2-7H,8H2,1H3/b3-2+. The summed E-state index contributed by atoms with van der Waals surface area (Å²) in [7, 11) is -3.13. The second kappa shape index (κ2) is 4.93. The maximum absolute atomic E-state index is 11.6. The van der Waals surface area contributed by atoms with E-state index in [2.05, 4.69) is 22.6 Å². The van der Waals surface area contributed by atoms with E-state index in [1.807, 2.05) is 6.92 Å². The maximum Gasteiger partial charge on any atom is 0.181 e. The largest absolute Gasteiger partial charge is 0.223 e. The van der Waals surface area contributed by atoms with Crippen molar-refractivity contribution >= 4 is 32.4 Å². The lowest BCUT2D eigenvalue weighted by Crippen LogP contribution is -2.04. The minimum Gasteiger partial charge on any atom is -0.223 e. The molecule has 0 atom stereocenters. The Morgan fingerprint density at radius 3 is 2.36 bits per heavy atom. The normalized spacial score (nSPS) is 12.1. The fourth-order valence-corrected chi connectivity index (χ4v) is 2.51. The number of benzene rings is 1. The van der Waals surface area contributed by atoms with E-state index in [-0.39, 0.29) is 5.75 Å². The first-order valence-electron chi connectivity index (χ1n) is 4.16. The predicted octanol–water partition coefficient (Wildman–Crippen LogP) is 2.64. The van der Waals surface area contributed by atoms with Gasteiger partial charge in [0.05, 0.1) is 10.6 Å². The monoisotopic (exact) mass is 322 g/mol. The molecule has 0 unspecified atom stereocenters. The van der Waals surface area contributed by atoms with Gasteiger partial charge in [-0.1, -0.05) is 12.2 Å². The van der Waals surface area contributed by atoms with Gasteiger partial charge in [0.2, 0.25) is 0 Å². The van der Waals surface area contributed by atoms with E-state index in [1.165, 1.54) is 0 Å². The molecule has 0 aliphatic carbocycles. The second-order valence-corrected chi connectivity index (χ2v) is 6.08. The predicted molar refractivity (Wildman–Crippen MR) is 66.0 cm³/mol. The van der Waals surface area contributed by atoms with Crippen molar-refractivity contribution in [3.05, 3.63) is 40.0 Å². The summed E-state index contributed by atoms with van der Waals surface area (Å²) in [5.41, 5.74) is 0. The summed E-state index contributed by atoms with van der Waals surface area (Å²) in [5.74, 6) is 0.0735. The van der Waals surface area contributed by atoms with E-state index in [4.69, 9.17) is 0 Å². The molecule has 1 aromatic carbocycles. The third kappa shape index (κ3) is 3.09. The van der Waals surface area contributed by atoms with E-state index >= 15 is 0 Å². The van der Waals surface area contributed by atoms with E-state index in [0.29, 0.717) is 4.90 Å². The summed E-state index contributed by atoms with van der Waals surface area (Å²) in [5, 5.41) is 0. The Bertz CT molecular complexity index is 418. The van der Waals surface area contributed by atoms with Gasteiger partial charge >= 0.3 is 0 Å². The van der Waals surface area contributed by atoms with Crippen LogP contribution in [0.25, 0.3) is 0 Å². The smallest absolute Gasteiger partial charge is 0.181 e. The van der Waals surface area contributed by atoms with Crippen molar-refractivity contribution in [2.45, 2.75) is 11.8 Å². The van der Waals surface area contributed by atoms with Crippen molar-refractivity contribution in [1.29, 1.82) is 0 Å². The van der Waals surface area contributed by atoms with Crippen LogP contribution in [0.15, 0.2) is 41.3 Å². The van der Waals surface area contributed by atoms with Crippen molar-refractivity contribution in [1.82, 2.24) is 0 Å². The molecule has 0 aliphatic rings. The highest BCUT2D eigenvalue weighted by Crippen LogP contribution is 2.13. The van der Waals surface area contributed by atoms with E-state index in [9.17, 15) is 8.42 Å². The lowest BCUT2D eigenvalue weighted by molar-refractivity contribution is 0.599. The lowest BCUT2D eigenvalue weighted by atomic mass is 10.4. The Kier molecular flexibility index (Phi) is 4.12. The zero-order valence-electron chi connectivity index (χ0n) is 7.77. The fraction of sp³-hybridized carbons (Fsp3) is 0.200. The third-order valence-corrected chi connectivity index (χ3v) is 4.06. The van der Waals surface area contributed by atoms with Crippen LogP contribution in [0.3, 0.4) is 0 Å². The molecule has 76 valence electrons. The van der Waals surface area contributed by atoms with E-state index in [1.54, 1.807) is 36.4 Å². The molecule has 0 radical (unpaired) electrons. The highest BCUT2D eigenvalue weighted by Gasteiger charge is 2.11. The highest BCUT2D eigenvalue weighted by molar-refractivity contribution is 14.1. The van der Waals surface area contributed by atoms with Crippen molar-refractivity contribution in [3.8, 4) is 0 Å². The van der Waals surface area contributed by atoms with Gasteiger partial charge in [0.25, 0.3) is 0 Å². The van der Waals surface area contributed by atoms with Crippen LogP contribution < -0.4 is 0 Å². The highest BCUT2D eigenvalue weighted by atomic mass is 127. The molecule has 0 bridgehead atoms. The van der Waals surface area contributed by atoms with Crippen LogP contribution >= 0.6 is 22.6 Å². The number of hydrogen-bond acceptors (Lipinski definition) is 2. The molecule has 0 amide bonds. The number of allylic oxidation sites excluding steroid dienone is 1. The third-order valence-electron chi connectivity index (χ3n) is 1.72. The summed E-state index contributed by atoms with van der Waals surface area (Å²) in [6.07, 6.45) is 3.39. The molecule has 0 aromatic heterocycles. The van der Waals surface area contributed by atoms with E-state index in [0.717, 1.165) is 3.57 Å². The Labute approximate surface area is 98.1 Å². The van der Waals surface area contributed by atoms with Gasteiger partial charge in [-0.05, 0) is 53.8 Å². The van der Waals surface area contributed by atoms with Crippen LogP contribution in [0.4, 0.5) is 0 Å². The first-order chi connectivity index (χ1) is 6.56. The Hall–Kier alpha value is -0.360. The topological polar surface area (TPSA) is 34.1 Å². The zero-order valence-corrected chi connectivity index (χ0v) is 10.7. The van der Waals surface area contributed by atoms with E-state index < -0.39 is 9.84 Å². The molecular weight excluding hydrogens is 311 g/mol. The lowest BCUT2D eigenvalue weighted by Gasteiger charge is -2.00. The van der Waals surface area contributed by atoms with Crippen LogP contribution in [0, 0.1) is 3.57 Å². The van der Waals surface area contributed by atoms with Gasteiger partial charge in [0, 0.05) is 3.57 Å². The summed E-state index contributed by atoms with van der Waals surface area (Å²) >= 11 is 2.14. The van der Waals surface area contributed by atoms with Crippen molar-refractivity contribution in [2.75, 3.05) is 5.75 Å². The molecule has 0 aliphatic heterocycles. The Balaban J connectivity index is 2.99. The van der Waals surface area contributed by atoms with Crippen molar-refractivity contribution in [3.63, 3.8) is 0 Å². The Morgan fingerprint density at radius 2 is 1.86 bits per heavy atom. The van der Waals surface area contributed by atoms with Crippen LogP contribution in [0.2, 0.25) is 0 Å². The molecule has 0 N–H and O–H groups in total. The molecule has 0 heterocycles. The van der Waals surface area contributed by atoms with Crippen molar-refractivity contribution < 1.29 is 8.42 Å². The maximum atomic E-state index is 11.6. The molecular formula is C10H11IO2S. The van der Waals surface area contributed by atoms with Gasteiger partial charge < -0.3 is 0 Å². The number of hydrogen-bond donors (Lipinski definition) is 0. The fourth-order valence-electron chi connectivity index (χ4n) is 0.961. The molecule has 4 heteroatoms. The molecule has 2 nitrogen and oxygen atoms in total. The summed E-state index contributed by atoms with van der Waals surface area (Å²) in [4.78, 5) is 0.385. The van der Waals surface area contributed by atoms with Crippen LogP contribution in [-0.4, -0.2) is 14.2 Å². The quantitative estimate of drug-likeness (QED) is 0.633. The molecule has 0 saturated heterocycles. The van der Waals surface area contributed by atoms with Gasteiger partial charge in [0.15, 0.2) is 9.84 Å². The van der Waals surface area contributed by atoms with Crippen LogP contribution in [0.1, 0.15) is 6.92 Å². The molecule has 0 spiro atoms. The molecule has 0 saturated carbocycles. The Morgan fingerprint density at radius 1 is 1.29 bits per heavy atom. The average molecular weight is 322 g/mol. The first-order valence-corrected chi connectivity index (χ1v) is 6.89. The van der Waals surface area contributed by atoms with Gasteiger partial charge in [-0.2, -0.15) is 0 Å². The number of halogens is 1. The molecule has 1 rings (SSSR count). The second-order valence-electron chi connectivity index (χ2n) is 2.80. The van der Waals surface area contributed by atoms with Gasteiger partial charge in [-0.15, -0.1) is 0 Å². The number of sulfone groups is 1. The summed E-state index contributed by atoms with van der Waals surface area (Å²) in [6, 6.07) is 6.87. The van der Waals surface area contributed by atoms with Crippen LogP contribution in [0.5, 0.6) is 0 Å². The first kappa shape index (κ1) is 11.7. The van der Waals surface area contributed by atoms with Crippen LogP contribution in [-0.2, 0) is 9.84 Å². The molecule has 1 aromatic rings. The SMILES string of the molecule is C/C=C/CS(=O)(=O)c1ccc(I)cc1. The van der Waals surface area contributed by atoms with Gasteiger partial charge in [-0.3, -0.25) is 0 Å². The van der Waals surface area contributed by atoms with Crippen molar-refractivity contribution in [2.24, 2.45) is 0 Å². The van der Waals surface area contributed by atoms with Gasteiger partial charge in [0.1, 0.15) is 0 Å². The zero-order chi connectivity index (χ0) is 10.6. The number of rotatable bonds is 3.